The van der Waals surface area contributed by atoms with Crippen LogP contribution in [0.3, 0.4) is 0 Å². The molecule has 7 heteroatoms. The fraction of sp³-hybridized carbons (Fsp3) is 0.192. The van der Waals surface area contributed by atoms with Crippen molar-refractivity contribution in [2.45, 2.75) is 20.8 Å². The van der Waals surface area contributed by atoms with Crippen molar-refractivity contribution in [3.8, 4) is 10.4 Å². The summed E-state index contributed by atoms with van der Waals surface area (Å²) >= 11 is 1.68. The van der Waals surface area contributed by atoms with Gasteiger partial charge in [-0.1, -0.05) is 18.2 Å². The minimum Gasteiger partial charge on any atom is -0.357 e. The third-order valence-electron chi connectivity index (χ3n) is 5.28. The molecule has 6 nitrogen and oxygen atoms in total. The Bertz CT molecular complexity index is 1200. The number of nitrogens with zero attached hydrogens (tertiary/aromatic N) is 3. The minimum atomic E-state index is -0.135. The van der Waals surface area contributed by atoms with Crippen molar-refractivity contribution in [2.75, 3.05) is 28.6 Å². The largest absolute Gasteiger partial charge is 0.357 e. The van der Waals surface area contributed by atoms with E-state index in [0.29, 0.717) is 5.56 Å². The van der Waals surface area contributed by atoms with Gasteiger partial charge in [0.05, 0.1) is 0 Å². The first-order valence-electron chi connectivity index (χ1n) is 11.0. The van der Waals surface area contributed by atoms with Gasteiger partial charge in [0.1, 0.15) is 17.5 Å². The van der Waals surface area contributed by atoms with Crippen molar-refractivity contribution in [2.24, 2.45) is 0 Å². The predicted octanol–water partition coefficient (Wildman–Crippen LogP) is 6.36. The number of hydrogen-bond acceptors (Lipinski definition) is 6. The molecule has 0 unspecified atom stereocenters. The van der Waals surface area contributed by atoms with Crippen LogP contribution in [-0.2, 0) is 0 Å². The molecule has 0 radical (unpaired) electrons. The maximum absolute atomic E-state index is 12.6. The third-order valence-corrected chi connectivity index (χ3v) is 6.20. The van der Waals surface area contributed by atoms with Crippen LogP contribution in [0.2, 0.25) is 0 Å². The van der Waals surface area contributed by atoms with Crippen LogP contribution in [0.15, 0.2) is 72.1 Å². The number of aromatic nitrogens is 2. The molecular formula is C26H27N5OS. The van der Waals surface area contributed by atoms with Gasteiger partial charge in [0.25, 0.3) is 5.91 Å². The zero-order chi connectivity index (χ0) is 23.2. The lowest BCUT2D eigenvalue weighted by molar-refractivity contribution is 0.102. The van der Waals surface area contributed by atoms with E-state index in [4.69, 9.17) is 0 Å². The van der Waals surface area contributed by atoms with Gasteiger partial charge >= 0.3 is 0 Å². The Morgan fingerprint density at radius 2 is 1.64 bits per heavy atom. The Kier molecular flexibility index (Phi) is 7.00. The van der Waals surface area contributed by atoms with Gasteiger partial charge in [-0.05, 0) is 74.2 Å². The first-order valence-corrected chi connectivity index (χ1v) is 11.9. The normalized spacial score (nSPS) is 10.6. The summed E-state index contributed by atoms with van der Waals surface area (Å²) in [6, 6.07) is 21.3. The molecular weight excluding hydrogens is 430 g/mol. The molecule has 0 fully saturated rings. The first-order chi connectivity index (χ1) is 16.1. The number of aryl methyl sites for hydroxylation is 1. The predicted molar refractivity (Wildman–Crippen MR) is 138 cm³/mol. The van der Waals surface area contributed by atoms with Crippen LogP contribution in [0.5, 0.6) is 0 Å². The Morgan fingerprint density at radius 1 is 0.939 bits per heavy atom. The summed E-state index contributed by atoms with van der Waals surface area (Å²) in [7, 11) is 0. The monoisotopic (exact) mass is 457 g/mol. The molecule has 4 aromatic rings. The van der Waals surface area contributed by atoms with Gasteiger partial charge < -0.3 is 15.5 Å². The molecule has 0 aliphatic rings. The SMILES string of the molecule is CCN(CC)c1cc(Nc2ccc(NC(=O)c3ccc(-c4cccs4)cc3)cc2)nc(C)n1. The summed E-state index contributed by atoms with van der Waals surface area (Å²) in [6.07, 6.45) is 0. The van der Waals surface area contributed by atoms with E-state index in [-0.39, 0.29) is 5.91 Å². The molecule has 0 aliphatic carbocycles. The van der Waals surface area contributed by atoms with Crippen LogP contribution in [0.4, 0.5) is 23.0 Å². The number of carbonyl (C=O) groups is 1. The number of anilines is 4. The maximum Gasteiger partial charge on any atom is 0.255 e. The van der Waals surface area contributed by atoms with Gasteiger partial charge in [-0.3, -0.25) is 4.79 Å². The lowest BCUT2D eigenvalue weighted by Crippen LogP contribution is -2.23. The number of thiophene rings is 1. The average molecular weight is 458 g/mol. The zero-order valence-electron chi connectivity index (χ0n) is 19.0. The van der Waals surface area contributed by atoms with Crippen LogP contribution in [-0.4, -0.2) is 29.0 Å². The highest BCUT2D eigenvalue weighted by molar-refractivity contribution is 7.13. The fourth-order valence-electron chi connectivity index (χ4n) is 3.54. The summed E-state index contributed by atoms with van der Waals surface area (Å²) in [5.41, 5.74) is 3.35. The van der Waals surface area contributed by atoms with E-state index < -0.39 is 0 Å². The van der Waals surface area contributed by atoms with Gasteiger partial charge in [-0.15, -0.1) is 11.3 Å². The third kappa shape index (κ3) is 5.56. The van der Waals surface area contributed by atoms with Crippen molar-refractivity contribution in [1.29, 1.82) is 0 Å². The van der Waals surface area contributed by atoms with E-state index in [2.05, 4.69) is 45.4 Å². The molecule has 0 aliphatic heterocycles. The molecule has 2 heterocycles. The molecule has 168 valence electrons. The van der Waals surface area contributed by atoms with E-state index in [0.717, 1.165) is 47.5 Å². The Hall–Kier alpha value is -3.71. The maximum atomic E-state index is 12.6. The van der Waals surface area contributed by atoms with Crippen LogP contribution < -0.4 is 15.5 Å². The number of amides is 1. The summed E-state index contributed by atoms with van der Waals surface area (Å²) in [4.78, 5) is 25.1. The molecule has 0 saturated heterocycles. The van der Waals surface area contributed by atoms with Gasteiger partial charge in [0.2, 0.25) is 0 Å². The lowest BCUT2D eigenvalue weighted by Gasteiger charge is -2.20. The lowest BCUT2D eigenvalue weighted by atomic mass is 10.1. The Morgan fingerprint density at radius 3 is 2.27 bits per heavy atom. The molecule has 4 rings (SSSR count). The zero-order valence-corrected chi connectivity index (χ0v) is 19.8. The van der Waals surface area contributed by atoms with Crippen molar-refractivity contribution in [3.63, 3.8) is 0 Å². The topological polar surface area (TPSA) is 70.2 Å². The van der Waals surface area contributed by atoms with E-state index in [1.54, 1.807) is 11.3 Å². The van der Waals surface area contributed by atoms with Crippen LogP contribution >= 0.6 is 11.3 Å². The number of hydrogen-bond donors (Lipinski definition) is 2. The van der Waals surface area contributed by atoms with Crippen molar-refractivity contribution >= 4 is 40.3 Å². The number of carbonyl (C=O) groups excluding carboxylic acids is 1. The van der Waals surface area contributed by atoms with Gasteiger partial charge in [-0.2, -0.15) is 0 Å². The first kappa shape index (κ1) is 22.5. The summed E-state index contributed by atoms with van der Waals surface area (Å²) in [5.74, 6) is 2.23. The molecule has 1 amide bonds. The number of nitrogens with one attached hydrogen (secondary N) is 2. The fourth-order valence-corrected chi connectivity index (χ4v) is 4.28. The summed E-state index contributed by atoms with van der Waals surface area (Å²) in [5, 5.41) is 8.33. The molecule has 0 spiro atoms. The van der Waals surface area contributed by atoms with E-state index in [9.17, 15) is 4.79 Å². The molecule has 0 saturated carbocycles. The van der Waals surface area contributed by atoms with E-state index in [1.807, 2.05) is 73.0 Å². The highest BCUT2D eigenvalue weighted by Crippen LogP contribution is 2.25. The molecule has 0 atom stereocenters. The Balaban J connectivity index is 1.41. The van der Waals surface area contributed by atoms with E-state index in [1.165, 1.54) is 4.88 Å². The molecule has 0 bridgehead atoms. The van der Waals surface area contributed by atoms with Crippen molar-refractivity contribution in [3.05, 3.63) is 83.5 Å². The second-order valence-electron chi connectivity index (χ2n) is 7.54. The summed E-state index contributed by atoms with van der Waals surface area (Å²) in [6.45, 7) is 7.89. The average Bonchev–Trinajstić information content (AvgIpc) is 3.36. The van der Waals surface area contributed by atoms with Crippen LogP contribution in [0.25, 0.3) is 10.4 Å². The van der Waals surface area contributed by atoms with Crippen LogP contribution in [0.1, 0.15) is 30.0 Å². The minimum absolute atomic E-state index is 0.135. The van der Waals surface area contributed by atoms with E-state index >= 15 is 0 Å². The second-order valence-corrected chi connectivity index (χ2v) is 8.49. The number of benzene rings is 2. The smallest absolute Gasteiger partial charge is 0.255 e. The van der Waals surface area contributed by atoms with Gasteiger partial charge in [0.15, 0.2) is 0 Å². The Labute approximate surface area is 198 Å². The molecule has 2 aromatic heterocycles. The quantitative estimate of drug-likeness (QED) is 0.322. The van der Waals surface area contributed by atoms with Crippen molar-refractivity contribution in [1.82, 2.24) is 9.97 Å². The van der Waals surface area contributed by atoms with Gasteiger partial charge in [-0.25, -0.2) is 9.97 Å². The molecule has 33 heavy (non-hydrogen) atoms. The highest BCUT2D eigenvalue weighted by Gasteiger charge is 2.09. The number of rotatable bonds is 8. The van der Waals surface area contributed by atoms with Crippen molar-refractivity contribution < 1.29 is 4.79 Å². The van der Waals surface area contributed by atoms with Crippen LogP contribution in [0, 0.1) is 6.92 Å². The summed E-state index contributed by atoms with van der Waals surface area (Å²) < 4.78 is 0. The van der Waals surface area contributed by atoms with Gasteiger partial charge in [0, 0.05) is 41.0 Å². The molecule has 2 aromatic carbocycles. The standard InChI is InChI=1S/C26H27N5OS/c1-4-31(5-2)25-17-24(27-18(3)28-25)29-21-12-14-22(15-13-21)30-26(32)20-10-8-19(9-11-20)23-7-6-16-33-23/h6-17H,4-5H2,1-3H3,(H,30,32)(H,27,28,29). The second kappa shape index (κ2) is 10.3. The highest BCUT2D eigenvalue weighted by atomic mass is 32.1. The molecule has 2 N–H and O–H groups in total.